The normalized spacial score (nSPS) is 13.9. The Morgan fingerprint density at radius 3 is 2.35 bits per heavy atom. The number of halogens is 1. The molecule has 1 N–H and O–H groups in total. The van der Waals surface area contributed by atoms with Crippen molar-refractivity contribution in [3.8, 4) is 0 Å². The SMILES string of the molecule is CCOC(c1ccccc1)C(O)Cc1ccccc1F. The number of benzene rings is 2. The smallest absolute Gasteiger partial charge is 0.126 e. The Labute approximate surface area is 118 Å². The Hall–Kier alpha value is -1.71. The zero-order valence-electron chi connectivity index (χ0n) is 11.5. The molecule has 0 fully saturated rings. The van der Waals surface area contributed by atoms with E-state index in [2.05, 4.69) is 0 Å². The van der Waals surface area contributed by atoms with Crippen LogP contribution in [-0.2, 0) is 11.2 Å². The van der Waals surface area contributed by atoms with Crippen LogP contribution in [0.15, 0.2) is 54.6 Å². The molecule has 2 aromatic rings. The summed E-state index contributed by atoms with van der Waals surface area (Å²) in [7, 11) is 0. The summed E-state index contributed by atoms with van der Waals surface area (Å²) in [6, 6.07) is 16.0. The molecular formula is C17H19FO2. The van der Waals surface area contributed by atoms with Gasteiger partial charge in [0.05, 0.1) is 6.10 Å². The van der Waals surface area contributed by atoms with Gasteiger partial charge in [-0.15, -0.1) is 0 Å². The molecule has 0 aliphatic rings. The Balaban J connectivity index is 2.16. The number of aliphatic hydroxyl groups is 1. The molecule has 0 aliphatic heterocycles. The first-order valence-corrected chi connectivity index (χ1v) is 6.80. The van der Waals surface area contributed by atoms with E-state index in [1.165, 1.54) is 6.07 Å². The zero-order valence-corrected chi connectivity index (χ0v) is 11.5. The van der Waals surface area contributed by atoms with Crippen LogP contribution in [0, 0.1) is 5.82 Å². The van der Waals surface area contributed by atoms with Gasteiger partial charge >= 0.3 is 0 Å². The number of aliphatic hydroxyl groups excluding tert-OH is 1. The van der Waals surface area contributed by atoms with E-state index in [4.69, 9.17) is 4.74 Å². The van der Waals surface area contributed by atoms with Crippen LogP contribution < -0.4 is 0 Å². The van der Waals surface area contributed by atoms with Crippen LogP contribution in [0.5, 0.6) is 0 Å². The van der Waals surface area contributed by atoms with Crippen LogP contribution in [-0.4, -0.2) is 17.8 Å². The van der Waals surface area contributed by atoms with Crippen LogP contribution in [0.3, 0.4) is 0 Å². The maximum absolute atomic E-state index is 13.6. The highest BCUT2D eigenvalue weighted by atomic mass is 19.1. The van der Waals surface area contributed by atoms with Crippen molar-refractivity contribution in [2.45, 2.75) is 25.6 Å². The molecule has 0 bridgehead atoms. The fourth-order valence-corrected chi connectivity index (χ4v) is 2.25. The fourth-order valence-electron chi connectivity index (χ4n) is 2.25. The second kappa shape index (κ2) is 7.17. The minimum Gasteiger partial charge on any atom is -0.390 e. The molecule has 0 saturated carbocycles. The lowest BCUT2D eigenvalue weighted by Crippen LogP contribution is -2.24. The summed E-state index contributed by atoms with van der Waals surface area (Å²) in [6.45, 7) is 2.37. The first kappa shape index (κ1) is 14.7. The number of hydrogen-bond donors (Lipinski definition) is 1. The van der Waals surface area contributed by atoms with Crippen molar-refractivity contribution >= 4 is 0 Å². The lowest BCUT2D eigenvalue weighted by molar-refractivity contribution is -0.0342. The molecule has 0 heterocycles. The number of rotatable bonds is 6. The van der Waals surface area contributed by atoms with Gasteiger partial charge in [0.25, 0.3) is 0 Å². The summed E-state index contributed by atoms with van der Waals surface area (Å²) in [5.74, 6) is -0.296. The van der Waals surface area contributed by atoms with Crippen molar-refractivity contribution in [1.82, 2.24) is 0 Å². The highest BCUT2D eigenvalue weighted by Gasteiger charge is 2.22. The van der Waals surface area contributed by atoms with E-state index in [1.54, 1.807) is 18.2 Å². The van der Waals surface area contributed by atoms with Crippen molar-refractivity contribution in [3.05, 3.63) is 71.5 Å². The highest BCUT2D eigenvalue weighted by molar-refractivity contribution is 5.22. The second-order valence-corrected chi connectivity index (χ2v) is 4.65. The first-order valence-electron chi connectivity index (χ1n) is 6.80. The van der Waals surface area contributed by atoms with Gasteiger partial charge in [-0.05, 0) is 24.1 Å². The van der Waals surface area contributed by atoms with Crippen molar-refractivity contribution in [2.24, 2.45) is 0 Å². The molecule has 0 radical (unpaired) electrons. The molecule has 0 aliphatic carbocycles. The minimum atomic E-state index is -0.783. The molecule has 2 unspecified atom stereocenters. The molecule has 0 spiro atoms. The van der Waals surface area contributed by atoms with E-state index < -0.39 is 12.2 Å². The maximum atomic E-state index is 13.6. The van der Waals surface area contributed by atoms with E-state index in [0.717, 1.165) is 5.56 Å². The topological polar surface area (TPSA) is 29.5 Å². The van der Waals surface area contributed by atoms with Crippen LogP contribution >= 0.6 is 0 Å². The average Bonchev–Trinajstić information content (AvgIpc) is 2.48. The standard InChI is InChI=1S/C17H19FO2/c1-2-20-17(13-8-4-3-5-9-13)16(19)12-14-10-6-7-11-15(14)18/h3-11,16-17,19H,2,12H2,1H3. The van der Waals surface area contributed by atoms with Crippen LogP contribution in [0.1, 0.15) is 24.2 Å². The number of ether oxygens (including phenoxy) is 1. The van der Waals surface area contributed by atoms with Crippen LogP contribution in [0.4, 0.5) is 4.39 Å². The van der Waals surface area contributed by atoms with Gasteiger partial charge in [-0.2, -0.15) is 0 Å². The maximum Gasteiger partial charge on any atom is 0.126 e. The van der Waals surface area contributed by atoms with E-state index >= 15 is 0 Å². The zero-order chi connectivity index (χ0) is 14.4. The summed E-state index contributed by atoms with van der Waals surface area (Å²) in [5, 5.41) is 10.4. The van der Waals surface area contributed by atoms with Gasteiger partial charge in [0.1, 0.15) is 11.9 Å². The summed E-state index contributed by atoms with van der Waals surface area (Å²) in [5.41, 5.74) is 1.40. The summed E-state index contributed by atoms with van der Waals surface area (Å²) in [4.78, 5) is 0. The van der Waals surface area contributed by atoms with Gasteiger partial charge in [0.2, 0.25) is 0 Å². The Bertz CT molecular complexity index is 528. The predicted octanol–water partition coefficient (Wildman–Crippen LogP) is 3.51. The second-order valence-electron chi connectivity index (χ2n) is 4.65. The number of hydrogen-bond acceptors (Lipinski definition) is 2. The third-order valence-electron chi connectivity index (χ3n) is 3.21. The largest absolute Gasteiger partial charge is 0.390 e. The lowest BCUT2D eigenvalue weighted by Gasteiger charge is -2.23. The Morgan fingerprint density at radius 1 is 1.05 bits per heavy atom. The minimum absolute atomic E-state index is 0.228. The molecule has 2 rings (SSSR count). The molecule has 0 saturated heterocycles. The van der Waals surface area contributed by atoms with Crippen LogP contribution in [0.2, 0.25) is 0 Å². The quantitative estimate of drug-likeness (QED) is 0.873. The lowest BCUT2D eigenvalue weighted by atomic mass is 9.98. The third-order valence-corrected chi connectivity index (χ3v) is 3.21. The van der Waals surface area contributed by atoms with E-state index in [0.29, 0.717) is 12.2 Å². The molecule has 0 aromatic heterocycles. The molecule has 2 atom stereocenters. The summed E-state index contributed by atoms with van der Waals surface area (Å²) in [6.07, 6.45) is -0.998. The van der Waals surface area contributed by atoms with Gasteiger partial charge in [0, 0.05) is 13.0 Å². The molecular weight excluding hydrogens is 255 g/mol. The Morgan fingerprint density at radius 2 is 1.70 bits per heavy atom. The van der Waals surface area contributed by atoms with E-state index in [1.807, 2.05) is 37.3 Å². The summed E-state index contributed by atoms with van der Waals surface area (Å²) >= 11 is 0. The van der Waals surface area contributed by atoms with Crippen LogP contribution in [0.25, 0.3) is 0 Å². The molecule has 2 aromatic carbocycles. The van der Waals surface area contributed by atoms with Crippen molar-refractivity contribution in [3.63, 3.8) is 0 Å². The van der Waals surface area contributed by atoms with Gasteiger partial charge < -0.3 is 9.84 Å². The first-order chi connectivity index (χ1) is 9.72. The van der Waals surface area contributed by atoms with Gasteiger partial charge in [-0.3, -0.25) is 0 Å². The van der Waals surface area contributed by atoms with Gasteiger partial charge in [-0.25, -0.2) is 4.39 Å². The third kappa shape index (κ3) is 3.65. The highest BCUT2D eigenvalue weighted by Crippen LogP contribution is 2.24. The molecule has 20 heavy (non-hydrogen) atoms. The average molecular weight is 274 g/mol. The van der Waals surface area contributed by atoms with Gasteiger partial charge in [-0.1, -0.05) is 48.5 Å². The fraction of sp³-hybridized carbons (Fsp3) is 0.294. The predicted molar refractivity (Wildman–Crippen MR) is 76.9 cm³/mol. The van der Waals surface area contributed by atoms with Gasteiger partial charge in [0.15, 0.2) is 0 Å². The molecule has 0 amide bonds. The van der Waals surface area contributed by atoms with E-state index in [9.17, 15) is 9.50 Å². The summed E-state index contributed by atoms with van der Waals surface area (Å²) < 4.78 is 19.3. The monoisotopic (exact) mass is 274 g/mol. The van der Waals surface area contributed by atoms with Crippen molar-refractivity contribution in [2.75, 3.05) is 6.61 Å². The van der Waals surface area contributed by atoms with E-state index in [-0.39, 0.29) is 12.2 Å². The Kier molecular flexibility index (Phi) is 5.27. The van der Waals surface area contributed by atoms with Crippen molar-refractivity contribution < 1.29 is 14.2 Å². The molecule has 106 valence electrons. The van der Waals surface area contributed by atoms with Crippen molar-refractivity contribution in [1.29, 1.82) is 0 Å². The molecule has 2 nitrogen and oxygen atoms in total. The molecule has 3 heteroatoms.